The number of ether oxygens (including phenoxy) is 1. The highest BCUT2D eigenvalue weighted by Gasteiger charge is 2.23. The molecule has 1 aromatic heterocycles. The van der Waals surface area contributed by atoms with Crippen molar-refractivity contribution in [2.45, 2.75) is 40.0 Å². The van der Waals surface area contributed by atoms with E-state index in [1.807, 2.05) is 6.20 Å². The zero-order valence-electron chi connectivity index (χ0n) is 14.4. The second-order valence-electron chi connectivity index (χ2n) is 6.63. The quantitative estimate of drug-likeness (QED) is 0.664. The minimum Gasteiger partial charge on any atom is -0.490 e. The van der Waals surface area contributed by atoms with Gasteiger partial charge in [0.1, 0.15) is 0 Å². The third-order valence-electron chi connectivity index (χ3n) is 5.25. The number of benzene rings is 2. The van der Waals surface area contributed by atoms with Crippen LogP contribution in [0.15, 0.2) is 24.4 Å². The molecule has 0 saturated heterocycles. The zero-order chi connectivity index (χ0) is 16.8. The van der Waals surface area contributed by atoms with E-state index in [0.717, 1.165) is 46.9 Å². The molecule has 0 atom stereocenters. The van der Waals surface area contributed by atoms with Gasteiger partial charge >= 0.3 is 0 Å². The van der Waals surface area contributed by atoms with Crippen molar-refractivity contribution in [3.05, 3.63) is 52.5 Å². The molecule has 2 nitrogen and oxygen atoms in total. The van der Waals surface area contributed by atoms with Gasteiger partial charge in [0.15, 0.2) is 11.6 Å². The maximum absolute atomic E-state index is 14.7. The maximum Gasteiger partial charge on any atom is 0.165 e. The molecule has 0 bridgehead atoms. The molecule has 1 aliphatic rings. The number of fused-ring (bicyclic) bond motifs is 2. The Morgan fingerprint density at radius 1 is 1.25 bits per heavy atom. The third-order valence-corrected chi connectivity index (χ3v) is 5.25. The lowest BCUT2D eigenvalue weighted by atomic mass is 9.86. The van der Waals surface area contributed by atoms with Crippen LogP contribution in [0.4, 0.5) is 4.39 Å². The summed E-state index contributed by atoms with van der Waals surface area (Å²) >= 11 is 0. The van der Waals surface area contributed by atoms with Crippen LogP contribution in [-0.2, 0) is 12.8 Å². The van der Waals surface area contributed by atoms with Crippen molar-refractivity contribution in [2.24, 2.45) is 0 Å². The summed E-state index contributed by atoms with van der Waals surface area (Å²) in [5.74, 6) is 0.219. The molecule has 1 N–H and O–H groups in total. The lowest BCUT2D eigenvalue weighted by Crippen LogP contribution is -2.12. The fourth-order valence-corrected chi connectivity index (χ4v) is 4.06. The minimum atomic E-state index is -0.238. The molecule has 0 fully saturated rings. The lowest BCUT2D eigenvalue weighted by molar-refractivity contribution is 0.273. The van der Waals surface area contributed by atoms with Crippen LogP contribution in [0.25, 0.3) is 22.0 Å². The van der Waals surface area contributed by atoms with Gasteiger partial charge < -0.3 is 9.72 Å². The highest BCUT2D eigenvalue weighted by Crippen LogP contribution is 2.41. The van der Waals surface area contributed by atoms with Crippen molar-refractivity contribution in [2.75, 3.05) is 6.61 Å². The summed E-state index contributed by atoms with van der Waals surface area (Å²) in [5.41, 5.74) is 7.99. The largest absolute Gasteiger partial charge is 0.490 e. The summed E-state index contributed by atoms with van der Waals surface area (Å²) in [6, 6.07) is 5.95. The van der Waals surface area contributed by atoms with Gasteiger partial charge in [0, 0.05) is 22.7 Å². The Balaban J connectivity index is 2.08. The van der Waals surface area contributed by atoms with Gasteiger partial charge in [0.05, 0.1) is 6.61 Å². The number of H-pyrrole nitrogens is 1. The van der Waals surface area contributed by atoms with Crippen molar-refractivity contribution >= 4 is 10.9 Å². The Morgan fingerprint density at radius 3 is 2.88 bits per heavy atom. The first kappa shape index (κ1) is 15.3. The molecule has 4 rings (SSSR count). The molecular weight excluding hydrogens is 301 g/mol. The molecule has 3 aromatic rings. The molecule has 0 saturated carbocycles. The molecule has 0 radical (unpaired) electrons. The van der Waals surface area contributed by atoms with E-state index in [4.69, 9.17) is 4.74 Å². The summed E-state index contributed by atoms with van der Waals surface area (Å²) in [4.78, 5) is 3.30. The monoisotopic (exact) mass is 323 g/mol. The molecule has 0 unspecified atom stereocenters. The number of hydrogen-bond donors (Lipinski definition) is 1. The molecule has 0 spiro atoms. The lowest BCUT2D eigenvalue weighted by Gasteiger charge is -2.23. The number of nitrogens with one attached hydrogen (secondary N) is 1. The Bertz CT molecular complexity index is 939. The summed E-state index contributed by atoms with van der Waals surface area (Å²) < 4.78 is 20.3. The van der Waals surface area contributed by atoms with Crippen LogP contribution in [0.5, 0.6) is 5.75 Å². The van der Waals surface area contributed by atoms with Crippen LogP contribution in [0.3, 0.4) is 0 Å². The molecule has 3 heteroatoms. The average molecular weight is 323 g/mol. The van der Waals surface area contributed by atoms with Gasteiger partial charge in [-0.1, -0.05) is 6.92 Å². The van der Waals surface area contributed by atoms with E-state index in [1.165, 1.54) is 16.7 Å². The van der Waals surface area contributed by atoms with E-state index in [2.05, 4.69) is 37.9 Å². The summed E-state index contributed by atoms with van der Waals surface area (Å²) in [5, 5.41) is 1.16. The standard InChI is InChI=1S/C21H22FNO/c1-4-14-12(2)10-19-16(7-8-23-19)20(14)17-11-18(22)21-15(13(17)3)6-5-9-24-21/h7-8,10-11,23H,4-6,9H2,1-3H3. The van der Waals surface area contributed by atoms with Crippen LogP contribution in [0.2, 0.25) is 0 Å². The molecule has 0 amide bonds. The molecular formula is C21H22FNO. The van der Waals surface area contributed by atoms with Crippen molar-refractivity contribution in [1.29, 1.82) is 0 Å². The minimum absolute atomic E-state index is 0.238. The number of aromatic nitrogens is 1. The predicted octanol–water partition coefficient (Wildman–Crippen LogP) is 5.48. The fraction of sp³-hybridized carbons (Fsp3) is 0.333. The Hall–Kier alpha value is -2.29. The van der Waals surface area contributed by atoms with Gasteiger partial charge in [0.2, 0.25) is 0 Å². The molecule has 0 aliphatic carbocycles. The predicted molar refractivity (Wildman–Crippen MR) is 96.4 cm³/mol. The van der Waals surface area contributed by atoms with Crippen LogP contribution in [-0.4, -0.2) is 11.6 Å². The fourth-order valence-electron chi connectivity index (χ4n) is 4.06. The first-order chi connectivity index (χ1) is 11.6. The van der Waals surface area contributed by atoms with Gasteiger partial charge in [-0.05, 0) is 79.1 Å². The van der Waals surface area contributed by atoms with Crippen LogP contribution < -0.4 is 4.74 Å². The Kier molecular flexibility index (Phi) is 3.60. The van der Waals surface area contributed by atoms with E-state index < -0.39 is 0 Å². The molecule has 124 valence electrons. The molecule has 2 heterocycles. The van der Waals surface area contributed by atoms with E-state index >= 15 is 0 Å². The van der Waals surface area contributed by atoms with Crippen LogP contribution >= 0.6 is 0 Å². The normalized spacial score (nSPS) is 13.8. The van der Waals surface area contributed by atoms with Gasteiger partial charge in [-0.2, -0.15) is 0 Å². The van der Waals surface area contributed by atoms with Crippen molar-refractivity contribution in [1.82, 2.24) is 4.98 Å². The van der Waals surface area contributed by atoms with Crippen molar-refractivity contribution in [3.8, 4) is 16.9 Å². The third kappa shape index (κ3) is 2.15. The first-order valence-corrected chi connectivity index (χ1v) is 8.66. The van der Waals surface area contributed by atoms with E-state index in [0.29, 0.717) is 12.4 Å². The van der Waals surface area contributed by atoms with E-state index in [-0.39, 0.29) is 5.82 Å². The van der Waals surface area contributed by atoms with Gasteiger partial charge in [-0.3, -0.25) is 0 Å². The zero-order valence-corrected chi connectivity index (χ0v) is 14.4. The number of hydrogen-bond acceptors (Lipinski definition) is 1. The molecule has 1 aliphatic heterocycles. The highest BCUT2D eigenvalue weighted by atomic mass is 19.1. The van der Waals surface area contributed by atoms with E-state index in [9.17, 15) is 4.39 Å². The average Bonchev–Trinajstić information content (AvgIpc) is 3.05. The van der Waals surface area contributed by atoms with Crippen molar-refractivity contribution < 1.29 is 9.13 Å². The number of aryl methyl sites for hydroxylation is 1. The topological polar surface area (TPSA) is 25.0 Å². The van der Waals surface area contributed by atoms with Crippen LogP contribution in [0, 0.1) is 19.7 Å². The summed E-state index contributed by atoms with van der Waals surface area (Å²) in [7, 11) is 0. The second kappa shape index (κ2) is 5.66. The van der Waals surface area contributed by atoms with Gasteiger partial charge in [-0.15, -0.1) is 0 Å². The summed E-state index contributed by atoms with van der Waals surface area (Å²) in [6.07, 6.45) is 4.72. The van der Waals surface area contributed by atoms with Crippen molar-refractivity contribution in [3.63, 3.8) is 0 Å². The first-order valence-electron chi connectivity index (χ1n) is 8.66. The van der Waals surface area contributed by atoms with E-state index in [1.54, 1.807) is 6.07 Å². The number of aromatic amines is 1. The molecule has 2 aromatic carbocycles. The number of halogens is 1. The second-order valence-corrected chi connectivity index (χ2v) is 6.63. The number of rotatable bonds is 2. The van der Waals surface area contributed by atoms with Gasteiger partial charge in [0.25, 0.3) is 0 Å². The molecule has 24 heavy (non-hydrogen) atoms. The highest BCUT2D eigenvalue weighted by molar-refractivity contribution is 5.99. The Morgan fingerprint density at radius 2 is 2.08 bits per heavy atom. The summed E-state index contributed by atoms with van der Waals surface area (Å²) in [6.45, 7) is 7.01. The Labute approximate surface area is 141 Å². The van der Waals surface area contributed by atoms with Gasteiger partial charge in [-0.25, -0.2) is 4.39 Å². The smallest absolute Gasteiger partial charge is 0.165 e. The van der Waals surface area contributed by atoms with Crippen LogP contribution in [0.1, 0.15) is 35.6 Å². The maximum atomic E-state index is 14.7. The SMILES string of the molecule is CCc1c(C)cc2[nH]ccc2c1-c1cc(F)c2c(c1C)CCCO2.